The smallest absolute Gasteiger partial charge is 0.275 e. The lowest BCUT2D eigenvalue weighted by Gasteiger charge is -2.12. The van der Waals surface area contributed by atoms with Gasteiger partial charge in [0.25, 0.3) is 5.56 Å². The summed E-state index contributed by atoms with van der Waals surface area (Å²) < 4.78 is 7.44. The van der Waals surface area contributed by atoms with E-state index < -0.39 is 0 Å². The number of aryl methyl sites for hydroxylation is 2. The predicted molar refractivity (Wildman–Crippen MR) is 113 cm³/mol. The molecule has 2 heterocycles. The van der Waals surface area contributed by atoms with Gasteiger partial charge in [-0.25, -0.2) is 4.52 Å². The van der Waals surface area contributed by atoms with Crippen molar-refractivity contribution in [3.8, 4) is 17.1 Å². The van der Waals surface area contributed by atoms with Crippen molar-refractivity contribution in [2.24, 2.45) is 0 Å². The van der Waals surface area contributed by atoms with Crippen molar-refractivity contribution in [1.82, 2.24) is 14.6 Å². The average Bonchev–Trinajstić information content (AvgIpc) is 2.97. The molecule has 0 aliphatic rings. The van der Waals surface area contributed by atoms with Crippen LogP contribution >= 0.6 is 21.7 Å². The van der Waals surface area contributed by atoms with Crippen molar-refractivity contribution in [3.63, 3.8) is 0 Å². The molecule has 0 atom stereocenters. The molecule has 0 amide bonds. The van der Waals surface area contributed by atoms with E-state index >= 15 is 0 Å². The summed E-state index contributed by atoms with van der Waals surface area (Å²) in [5.41, 5.74) is 2.68. The van der Waals surface area contributed by atoms with E-state index in [1.165, 1.54) is 0 Å². The van der Waals surface area contributed by atoms with Crippen LogP contribution in [0.4, 0.5) is 0 Å². The maximum atomic E-state index is 12.9. The van der Waals surface area contributed by atoms with Gasteiger partial charge < -0.3 is 9.72 Å². The van der Waals surface area contributed by atoms with Gasteiger partial charge in [0.1, 0.15) is 11.3 Å². The molecule has 0 fully saturated rings. The fraction of sp³-hybridized carbons (Fsp3) is 0.350. The summed E-state index contributed by atoms with van der Waals surface area (Å²) in [5, 5.41) is 4.67. The molecule has 3 rings (SSSR count). The molecule has 3 aromatic rings. The second-order valence-corrected chi connectivity index (χ2v) is 7.59. The summed E-state index contributed by atoms with van der Waals surface area (Å²) in [7, 11) is 7.00. The number of rotatable bonds is 8. The molecule has 0 radical (unpaired) electrons. The van der Waals surface area contributed by atoms with Crippen LogP contribution in [0.15, 0.2) is 27.9 Å². The summed E-state index contributed by atoms with van der Waals surface area (Å²) >= 11 is 0. The first-order valence-electron chi connectivity index (χ1n) is 9.21. The number of fused-ring (bicyclic) bond motifs is 1. The standard InChI is InChI=1S/C20H22ClN3O3S/c1-4-6-16-15(11-25)12(3)18-20(26)22-19(23-24(16)18)14-10-13(28-21)7-8-17(14)27-9-5-2/h7-8,10-11H,4-6,9H2,1-3H3,(H,22,23,26). The summed E-state index contributed by atoms with van der Waals surface area (Å²) in [6.45, 7) is 6.37. The van der Waals surface area contributed by atoms with Crippen LogP contribution in [-0.4, -0.2) is 27.5 Å². The molecule has 28 heavy (non-hydrogen) atoms. The van der Waals surface area contributed by atoms with Crippen LogP contribution in [0.25, 0.3) is 16.9 Å². The monoisotopic (exact) mass is 419 g/mol. The normalized spacial score (nSPS) is 11.1. The molecule has 0 saturated carbocycles. The Labute approximate surface area is 171 Å². The van der Waals surface area contributed by atoms with Crippen molar-refractivity contribution >= 4 is 33.5 Å². The number of aromatic amines is 1. The number of H-pyrrole nitrogens is 1. The Morgan fingerprint density at radius 1 is 1.32 bits per heavy atom. The molecule has 0 bridgehead atoms. The molecule has 1 N–H and O–H groups in total. The minimum atomic E-state index is -0.293. The Hall–Kier alpha value is -2.25. The molecule has 2 aromatic heterocycles. The zero-order valence-corrected chi connectivity index (χ0v) is 17.6. The van der Waals surface area contributed by atoms with Crippen LogP contribution < -0.4 is 10.3 Å². The van der Waals surface area contributed by atoms with Gasteiger partial charge in [-0.15, -0.1) is 5.10 Å². The van der Waals surface area contributed by atoms with Crippen molar-refractivity contribution in [3.05, 3.63) is 45.4 Å². The van der Waals surface area contributed by atoms with Crippen LogP contribution in [0.2, 0.25) is 0 Å². The predicted octanol–water partition coefficient (Wildman–Crippen LogP) is 4.80. The molecule has 0 unspecified atom stereocenters. The van der Waals surface area contributed by atoms with Crippen molar-refractivity contribution in [2.75, 3.05) is 6.61 Å². The number of ether oxygens (including phenoxy) is 1. The molecule has 0 aliphatic carbocycles. The van der Waals surface area contributed by atoms with Crippen LogP contribution in [0, 0.1) is 6.92 Å². The van der Waals surface area contributed by atoms with Crippen LogP contribution in [0.3, 0.4) is 0 Å². The van der Waals surface area contributed by atoms with E-state index in [1.54, 1.807) is 11.4 Å². The van der Waals surface area contributed by atoms with Crippen LogP contribution in [-0.2, 0) is 6.42 Å². The van der Waals surface area contributed by atoms with Gasteiger partial charge in [0.2, 0.25) is 0 Å². The summed E-state index contributed by atoms with van der Waals surface area (Å²) in [5.74, 6) is 0.997. The molecule has 6 nitrogen and oxygen atoms in total. The highest BCUT2D eigenvalue weighted by atomic mass is 35.7. The van der Waals surface area contributed by atoms with Crippen molar-refractivity contribution in [2.45, 2.75) is 44.9 Å². The maximum Gasteiger partial charge on any atom is 0.275 e. The van der Waals surface area contributed by atoms with E-state index in [2.05, 4.69) is 10.1 Å². The Morgan fingerprint density at radius 2 is 2.11 bits per heavy atom. The van der Waals surface area contributed by atoms with E-state index in [0.717, 1.165) is 40.7 Å². The highest BCUT2D eigenvalue weighted by molar-refractivity contribution is 8.21. The Balaban J connectivity index is 2.29. The fourth-order valence-electron chi connectivity index (χ4n) is 3.26. The Bertz CT molecular complexity index is 1070. The lowest BCUT2D eigenvalue weighted by molar-refractivity contribution is 0.112. The van der Waals surface area contributed by atoms with Crippen LogP contribution in [0.1, 0.15) is 48.3 Å². The van der Waals surface area contributed by atoms with Gasteiger partial charge in [-0.2, -0.15) is 0 Å². The van der Waals surface area contributed by atoms with Gasteiger partial charge in [-0.05, 0) is 65.2 Å². The zero-order valence-electron chi connectivity index (χ0n) is 16.0. The number of carbonyl (C=O) groups is 1. The third-order valence-electron chi connectivity index (χ3n) is 4.55. The van der Waals surface area contributed by atoms with Crippen molar-refractivity contribution in [1.29, 1.82) is 0 Å². The van der Waals surface area contributed by atoms with Gasteiger partial charge in [0, 0.05) is 10.5 Å². The molecular weight excluding hydrogens is 398 g/mol. The minimum Gasteiger partial charge on any atom is -0.493 e. The second-order valence-electron chi connectivity index (χ2n) is 6.50. The maximum absolute atomic E-state index is 12.9. The molecule has 0 saturated heterocycles. The fourth-order valence-corrected chi connectivity index (χ4v) is 3.83. The number of hydrogen-bond acceptors (Lipinski definition) is 5. The molecule has 8 heteroatoms. The SMILES string of the molecule is CCCOc1ccc(SCl)cc1-c1nn2c(CCC)c(C=O)c(C)c2c(=O)[nH]1. The van der Waals surface area contributed by atoms with E-state index in [9.17, 15) is 9.59 Å². The third-order valence-corrected chi connectivity index (χ3v) is 5.51. The quantitative estimate of drug-likeness (QED) is 0.531. The molecule has 148 valence electrons. The first-order chi connectivity index (χ1) is 13.5. The molecule has 1 aromatic carbocycles. The topological polar surface area (TPSA) is 76.5 Å². The lowest BCUT2D eigenvalue weighted by Crippen LogP contribution is -2.16. The van der Waals surface area contributed by atoms with Gasteiger partial charge in [0.05, 0.1) is 17.9 Å². The number of aldehydes is 1. The summed E-state index contributed by atoms with van der Waals surface area (Å²) in [6, 6.07) is 5.52. The number of nitrogens with zero attached hydrogens (tertiary/aromatic N) is 2. The Kier molecular flexibility index (Phi) is 6.46. The number of nitrogens with one attached hydrogen (secondary N) is 1. The van der Waals surface area contributed by atoms with Crippen LogP contribution in [0.5, 0.6) is 5.75 Å². The highest BCUT2D eigenvalue weighted by Gasteiger charge is 2.20. The molecular formula is C20H22ClN3O3S. The van der Waals surface area contributed by atoms with Gasteiger partial charge in [-0.3, -0.25) is 9.59 Å². The second kappa shape index (κ2) is 8.84. The van der Waals surface area contributed by atoms with E-state index in [4.69, 9.17) is 15.4 Å². The summed E-state index contributed by atoms with van der Waals surface area (Å²) in [6.07, 6.45) is 3.14. The molecule has 0 aliphatic heterocycles. The molecule has 0 spiro atoms. The van der Waals surface area contributed by atoms with E-state index in [1.807, 2.05) is 32.0 Å². The Morgan fingerprint density at radius 3 is 2.75 bits per heavy atom. The highest BCUT2D eigenvalue weighted by Crippen LogP contribution is 2.34. The average molecular weight is 420 g/mol. The number of carbonyl (C=O) groups excluding carboxylic acids is 1. The van der Waals surface area contributed by atoms with E-state index in [-0.39, 0.29) is 5.56 Å². The van der Waals surface area contributed by atoms with Gasteiger partial charge in [0.15, 0.2) is 12.1 Å². The number of benzene rings is 1. The van der Waals surface area contributed by atoms with E-state index in [0.29, 0.717) is 46.8 Å². The number of hydrogen-bond donors (Lipinski definition) is 1. The largest absolute Gasteiger partial charge is 0.493 e. The first kappa shape index (κ1) is 20.5. The third kappa shape index (κ3) is 3.69. The number of aromatic nitrogens is 3. The van der Waals surface area contributed by atoms with Gasteiger partial charge in [-0.1, -0.05) is 20.3 Å². The minimum absolute atomic E-state index is 0.293. The lowest BCUT2D eigenvalue weighted by atomic mass is 10.1. The zero-order chi connectivity index (χ0) is 20.3. The summed E-state index contributed by atoms with van der Waals surface area (Å²) in [4.78, 5) is 28.1. The van der Waals surface area contributed by atoms with Gasteiger partial charge >= 0.3 is 0 Å². The van der Waals surface area contributed by atoms with Crippen molar-refractivity contribution < 1.29 is 9.53 Å². The first-order valence-corrected chi connectivity index (χ1v) is 10.8. The number of halogens is 1.